The fraction of sp³-hybridized carbons (Fsp3) is 0.364. The monoisotopic (exact) mass is 251 g/mol. The molecule has 6 heteroatoms. The van der Waals surface area contributed by atoms with Gasteiger partial charge in [-0.2, -0.15) is 0 Å². The van der Waals surface area contributed by atoms with Crippen LogP contribution in [0.1, 0.15) is 19.0 Å². The van der Waals surface area contributed by atoms with Crippen molar-refractivity contribution in [3.63, 3.8) is 0 Å². The molecule has 0 aliphatic rings. The van der Waals surface area contributed by atoms with Crippen molar-refractivity contribution in [2.75, 3.05) is 6.54 Å². The molecule has 0 unspecified atom stereocenters. The Morgan fingerprint density at radius 1 is 1.53 bits per heavy atom. The fourth-order valence-electron chi connectivity index (χ4n) is 1.11. The van der Waals surface area contributed by atoms with E-state index in [2.05, 4.69) is 20.6 Å². The number of thiocarbonyl (C=S) groups is 1. The van der Waals surface area contributed by atoms with Crippen LogP contribution in [0.4, 0.5) is 0 Å². The first-order valence-corrected chi connectivity index (χ1v) is 5.88. The van der Waals surface area contributed by atoms with Crippen molar-refractivity contribution in [2.45, 2.75) is 19.9 Å². The molecule has 1 heterocycles. The molecule has 1 aromatic rings. The van der Waals surface area contributed by atoms with E-state index in [-0.39, 0.29) is 0 Å². The lowest BCUT2D eigenvalue weighted by molar-refractivity contribution is 0.863. The van der Waals surface area contributed by atoms with E-state index in [4.69, 9.17) is 18.0 Å². The van der Waals surface area contributed by atoms with E-state index in [1.165, 1.54) is 0 Å². The first kappa shape index (κ1) is 13.4. The Bertz CT molecular complexity index is 377. The van der Waals surface area contributed by atoms with Crippen LogP contribution < -0.4 is 16.4 Å². The number of nitrogens with two attached hydrogens (primary N) is 1. The van der Waals surface area contributed by atoms with Crippen LogP contribution in [-0.4, -0.2) is 22.6 Å². The molecule has 5 nitrogen and oxygen atoms in total. The minimum absolute atomic E-state index is 0.338. The molecule has 0 radical (unpaired) electrons. The lowest BCUT2D eigenvalue weighted by atomic mass is 10.3. The van der Waals surface area contributed by atoms with E-state index in [0.29, 0.717) is 24.2 Å². The molecule has 0 fully saturated rings. The summed E-state index contributed by atoms with van der Waals surface area (Å²) in [6.45, 7) is 3.30. The van der Waals surface area contributed by atoms with Gasteiger partial charge in [-0.15, -0.1) is 0 Å². The average Bonchev–Trinajstić information content (AvgIpc) is 2.35. The highest BCUT2D eigenvalue weighted by molar-refractivity contribution is 7.80. The molecule has 4 N–H and O–H groups in total. The highest BCUT2D eigenvalue weighted by atomic mass is 32.1. The van der Waals surface area contributed by atoms with Gasteiger partial charge in [0.1, 0.15) is 0 Å². The third-order valence-corrected chi connectivity index (χ3v) is 2.15. The van der Waals surface area contributed by atoms with Crippen LogP contribution in [0.3, 0.4) is 0 Å². The molecule has 0 bridgehead atoms. The van der Waals surface area contributed by atoms with Crippen LogP contribution in [0.5, 0.6) is 0 Å². The first-order chi connectivity index (χ1) is 8.22. The summed E-state index contributed by atoms with van der Waals surface area (Å²) in [5.74, 6) is 0.338. The minimum atomic E-state index is 0.338. The first-order valence-electron chi connectivity index (χ1n) is 5.47. The van der Waals surface area contributed by atoms with E-state index in [1.54, 1.807) is 6.20 Å². The zero-order chi connectivity index (χ0) is 12.5. The molecule has 0 aromatic carbocycles. The summed E-state index contributed by atoms with van der Waals surface area (Å²) >= 11 is 5.07. The smallest absolute Gasteiger partial charge is 0.194 e. The molecule has 17 heavy (non-hydrogen) atoms. The SMILES string of the molecule is CCCN=C(N)NC(=S)NCc1ccccn1. The van der Waals surface area contributed by atoms with Crippen molar-refractivity contribution >= 4 is 23.3 Å². The average molecular weight is 251 g/mol. The summed E-state index contributed by atoms with van der Waals surface area (Å²) in [5, 5.41) is 6.26. The number of nitrogens with zero attached hydrogens (tertiary/aromatic N) is 2. The van der Waals surface area contributed by atoms with Gasteiger partial charge in [0.25, 0.3) is 0 Å². The van der Waals surface area contributed by atoms with Gasteiger partial charge in [-0.05, 0) is 30.8 Å². The predicted octanol–water partition coefficient (Wildman–Crippen LogP) is 0.770. The van der Waals surface area contributed by atoms with Crippen LogP contribution in [0, 0.1) is 0 Å². The van der Waals surface area contributed by atoms with Gasteiger partial charge in [0, 0.05) is 12.7 Å². The van der Waals surface area contributed by atoms with Crippen LogP contribution >= 0.6 is 12.2 Å². The zero-order valence-electron chi connectivity index (χ0n) is 9.81. The Balaban J connectivity index is 2.31. The highest BCUT2D eigenvalue weighted by Crippen LogP contribution is 1.91. The van der Waals surface area contributed by atoms with Gasteiger partial charge in [0.15, 0.2) is 11.1 Å². The maximum atomic E-state index is 5.63. The normalized spacial score (nSPS) is 11.0. The van der Waals surface area contributed by atoms with Crippen LogP contribution in [0.25, 0.3) is 0 Å². The maximum absolute atomic E-state index is 5.63. The van der Waals surface area contributed by atoms with Gasteiger partial charge in [-0.25, -0.2) is 0 Å². The van der Waals surface area contributed by atoms with E-state index in [1.807, 2.05) is 25.1 Å². The zero-order valence-corrected chi connectivity index (χ0v) is 10.6. The van der Waals surface area contributed by atoms with Gasteiger partial charge in [0.05, 0.1) is 12.2 Å². The minimum Gasteiger partial charge on any atom is -0.370 e. The second kappa shape index (κ2) is 7.56. The van der Waals surface area contributed by atoms with E-state index in [9.17, 15) is 0 Å². The van der Waals surface area contributed by atoms with Gasteiger partial charge in [0.2, 0.25) is 0 Å². The van der Waals surface area contributed by atoms with Gasteiger partial charge >= 0.3 is 0 Å². The fourth-order valence-corrected chi connectivity index (χ4v) is 1.28. The van der Waals surface area contributed by atoms with Gasteiger partial charge in [-0.1, -0.05) is 13.0 Å². The second-order valence-corrected chi connectivity index (χ2v) is 3.80. The molecule has 0 spiro atoms. The molecule has 1 aromatic heterocycles. The Kier molecular flexibility index (Phi) is 5.95. The second-order valence-electron chi connectivity index (χ2n) is 3.40. The van der Waals surface area contributed by atoms with Crippen molar-refractivity contribution in [1.82, 2.24) is 15.6 Å². The quantitative estimate of drug-likeness (QED) is 0.419. The summed E-state index contributed by atoms with van der Waals surface area (Å²) in [5.41, 5.74) is 6.54. The number of hydrogen-bond acceptors (Lipinski definition) is 3. The maximum Gasteiger partial charge on any atom is 0.194 e. The lowest BCUT2D eigenvalue weighted by Crippen LogP contribution is -2.43. The molecule has 0 atom stereocenters. The number of pyridine rings is 1. The number of guanidine groups is 1. The molecule has 0 saturated carbocycles. The van der Waals surface area contributed by atoms with Crippen molar-refractivity contribution in [3.05, 3.63) is 30.1 Å². The number of aromatic nitrogens is 1. The van der Waals surface area contributed by atoms with Gasteiger partial charge in [-0.3, -0.25) is 9.98 Å². The largest absolute Gasteiger partial charge is 0.370 e. The Morgan fingerprint density at radius 3 is 3.00 bits per heavy atom. The Hall–Kier alpha value is -1.69. The van der Waals surface area contributed by atoms with Crippen molar-refractivity contribution in [3.8, 4) is 0 Å². The van der Waals surface area contributed by atoms with Crippen molar-refractivity contribution in [2.24, 2.45) is 10.7 Å². The van der Waals surface area contributed by atoms with E-state index < -0.39 is 0 Å². The molecular weight excluding hydrogens is 234 g/mol. The van der Waals surface area contributed by atoms with Crippen molar-refractivity contribution < 1.29 is 0 Å². The third kappa shape index (κ3) is 5.82. The van der Waals surface area contributed by atoms with E-state index >= 15 is 0 Å². The topological polar surface area (TPSA) is 75.3 Å². The number of aliphatic imine (C=N–C) groups is 1. The number of hydrogen-bond donors (Lipinski definition) is 3. The molecule has 0 aliphatic heterocycles. The number of nitrogens with one attached hydrogen (secondary N) is 2. The van der Waals surface area contributed by atoms with Gasteiger partial charge < -0.3 is 16.4 Å². The summed E-state index contributed by atoms with van der Waals surface area (Å²) in [6, 6.07) is 5.72. The Labute approximate surface area is 107 Å². The van der Waals surface area contributed by atoms with Crippen LogP contribution in [-0.2, 0) is 6.54 Å². The van der Waals surface area contributed by atoms with Crippen LogP contribution in [0.2, 0.25) is 0 Å². The molecule has 92 valence electrons. The summed E-state index contributed by atoms with van der Waals surface area (Å²) < 4.78 is 0. The predicted molar refractivity (Wildman–Crippen MR) is 73.6 cm³/mol. The van der Waals surface area contributed by atoms with E-state index in [0.717, 1.165) is 12.1 Å². The van der Waals surface area contributed by atoms with Crippen molar-refractivity contribution in [1.29, 1.82) is 0 Å². The lowest BCUT2D eigenvalue weighted by Gasteiger charge is -2.09. The molecule has 0 saturated heterocycles. The number of rotatable bonds is 4. The third-order valence-electron chi connectivity index (χ3n) is 1.90. The summed E-state index contributed by atoms with van der Waals surface area (Å²) in [4.78, 5) is 8.25. The van der Waals surface area contributed by atoms with Crippen LogP contribution in [0.15, 0.2) is 29.4 Å². The highest BCUT2D eigenvalue weighted by Gasteiger charge is 1.98. The summed E-state index contributed by atoms with van der Waals surface area (Å²) in [7, 11) is 0. The standard InChI is InChI=1S/C11H17N5S/c1-2-6-14-10(12)16-11(17)15-8-9-5-3-4-7-13-9/h3-5,7H,2,6,8H2,1H3,(H4,12,14,15,16,17). The Morgan fingerprint density at radius 2 is 2.35 bits per heavy atom. The molecule has 1 rings (SSSR count). The molecule has 0 amide bonds. The summed E-state index contributed by atoms with van der Waals surface area (Å²) in [6.07, 6.45) is 2.70. The molecule has 0 aliphatic carbocycles. The molecular formula is C11H17N5S.